The summed E-state index contributed by atoms with van der Waals surface area (Å²) in [4.78, 5) is 9.76. The second-order valence-corrected chi connectivity index (χ2v) is 4.29. The third kappa shape index (κ3) is 2.83. The third-order valence-electron chi connectivity index (χ3n) is 2.03. The van der Waals surface area contributed by atoms with Crippen LogP contribution in [0.1, 0.15) is 31.9 Å². The Balaban J connectivity index is 2.84. The van der Waals surface area contributed by atoms with Crippen LogP contribution in [0.3, 0.4) is 0 Å². The lowest BCUT2D eigenvalue weighted by atomic mass is 9.87. The van der Waals surface area contributed by atoms with Gasteiger partial charge in [0.1, 0.15) is 0 Å². The molecule has 0 heterocycles. The maximum Gasteiger partial charge on any atom is 0.308 e. The number of nitrogens with zero attached hydrogens (tertiary/aromatic N) is 1. The molecule has 1 aromatic carbocycles. The first-order valence-corrected chi connectivity index (χ1v) is 4.48. The summed E-state index contributed by atoms with van der Waals surface area (Å²) in [6.07, 6.45) is 0. The summed E-state index contributed by atoms with van der Waals surface area (Å²) in [5, 5.41) is 10.2. The maximum absolute atomic E-state index is 10.2. The first kappa shape index (κ1) is 10.7. The fourth-order valence-electron chi connectivity index (χ4n) is 1.19. The van der Waals surface area contributed by atoms with Crippen LogP contribution in [0, 0.1) is 16.7 Å². The van der Waals surface area contributed by atoms with E-state index in [-0.39, 0.29) is 5.41 Å². The van der Waals surface area contributed by atoms with E-state index in [1.807, 2.05) is 12.1 Å². The molecule has 1 radical (unpaired) electrons. The number of rotatable bonds is 2. The Hall–Kier alpha value is -1.38. The van der Waals surface area contributed by atoms with Crippen LogP contribution in [0.4, 0.5) is 0 Å². The smallest absolute Gasteiger partial charge is 0.264 e. The molecule has 0 saturated heterocycles. The molecule has 3 nitrogen and oxygen atoms in total. The first-order chi connectivity index (χ1) is 6.39. The quantitative estimate of drug-likeness (QED) is 0.534. The van der Waals surface area contributed by atoms with E-state index in [4.69, 9.17) is 0 Å². The summed E-state index contributed by atoms with van der Waals surface area (Å²) in [5.74, 6) is 0. The molecule has 0 aliphatic rings. The Bertz CT molecular complexity index is 322. The number of benzene rings is 1. The predicted octanol–water partition coefficient (Wildman–Crippen LogP) is 2.77. The summed E-state index contributed by atoms with van der Waals surface area (Å²) < 4.78 is 0. The van der Waals surface area contributed by atoms with E-state index in [2.05, 4.69) is 20.8 Å². The van der Waals surface area contributed by atoms with Crippen LogP contribution < -0.4 is 0 Å². The fourth-order valence-corrected chi connectivity index (χ4v) is 1.19. The second-order valence-electron chi connectivity index (χ2n) is 4.29. The average molecular weight is 192 g/mol. The van der Waals surface area contributed by atoms with Crippen LogP contribution in [0.5, 0.6) is 0 Å². The van der Waals surface area contributed by atoms with Crippen molar-refractivity contribution in [2.75, 3.05) is 0 Å². The lowest BCUT2D eigenvalue weighted by molar-refractivity contribution is -0.429. The molecule has 0 amide bonds. The van der Waals surface area contributed by atoms with Gasteiger partial charge in [-0.1, -0.05) is 45.0 Å². The summed E-state index contributed by atoms with van der Waals surface area (Å²) >= 11 is 0. The van der Waals surface area contributed by atoms with Crippen LogP contribution in [-0.2, 0) is 5.41 Å². The lowest BCUT2D eigenvalue weighted by Gasteiger charge is -2.18. The van der Waals surface area contributed by atoms with Gasteiger partial charge in [-0.3, -0.25) is 10.1 Å². The second kappa shape index (κ2) is 3.78. The predicted molar refractivity (Wildman–Crippen MR) is 55.5 cm³/mol. The van der Waals surface area contributed by atoms with Gasteiger partial charge in [0.25, 0.3) is 0 Å². The molecule has 0 aliphatic carbocycles. The molecular weight excluding hydrogens is 178 g/mol. The van der Waals surface area contributed by atoms with Crippen LogP contribution in [0.25, 0.3) is 0 Å². The van der Waals surface area contributed by atoms with Gasteiger partial charge in [0.15, 0.2) is 0 Å². The Morgan fingerprint density at radius 2 is 1.71 bits per heavy atom. The van der Waals surface area contributed by atoms with E-state index in [0.717, 1.165) is 6.54 Å². The zero-order valence-electron chi connectivity index (χ0n) is 8.65. The normalized spacial score (nSPS) is 11.4. The minimum Gasteiger partial charge on any atom is -0.264 e. The topological polar surface area (TPSA) is 43.1 Å². The van der Waals surface area contributed by atoms with Crippen LogP contribution >= 0.6 is 0 Å². The zero-order chi connectivity index (χ0) is 10.8. The van der Waals surface area contributed by atoms with Crippen molar-refractivity contribution in [3.8, 4) is 0 Å². The Labute approximate surface area is 83.9 Å². The minimum absolute atomic E-state index is 0.0904. The van der Waals surface area contributed by atoms with Gasteiger partial charge >= 0.3 is 6.54 Å². The molecule has 1 rings (SSSR count). The Morgan fingerprint density at radius 3 is 2.07 bits per heavy atom. The molecule has 0 saturated carbocycles. The van der Waals surface area contributed by atoms with Crippen molar-refractivity contribution in [1.82, 2.24) is 0 Å². The molecule has 14 heavy (non-hydrogen) atoms. The highest BCUT2D eigenvalue weighted by molar-refractivity contribution is 5.29. The van der Waals surface area contributed by atoms with Gasteiger partial charge in [-0.2, -0.15) is 0 Å². The highest BCUT2D eigenvalue weighted by Gasteiger charge is 2.13. The fraction of sp³-hybridized carbons (Fsp3) is 0.364. The van der Waals surface area contributed by atoms with Gasteiger partial charge in [0.05, 0.1) is 0 Å². The minimum atomic E-state index is -0.438. The molecule has 0 spiro atoms. The summed E-state index contributed by atoms with van der Waals surface area (Å²) in [7, 11) is 0. The highest BCUT2D eigenvalue weighted by Crippen LogP contribution is 2.22. The number of hydrogen-bond acceptors (Lipinski definition) is 2. The van der Waals surface area contributed by atoms with Crippen LogP contribution in [-0.4, -0.2) is 4.92 Å². The standard InChI is InChI=1S/C11H14NO2/c1-11(2,3)10-6-4-9(5-7-10)8-12(13)14/h4-8H,1-3H3. The summed E-state index contributed by atoms with van der Waals surface area (Å²) in [6, 6.07) is 7.39. The molecule has 0 aromatic heterocycles. The first-order valence-electron chi connectivity index (χ1n) is 4.48. The molecule has 0 aliphatic heterocycles. The van der Waals surface area contributed by atoms with Crippen molar-refractivity contribution in [1.29, 1.82) is 0 Å². The van der Waals surface area contributed by atoms with Crippen molar-refractivity contribution in [3.63, 3.8) is 0 Å². The SMILES string of the molecule is CC(C)(C)c1ccc([CH][N+](=O)[O-])cc1. The van der Waals surface area contributed by atoms with E-state index in [9.17, 15) is 10.1 Å². The van der Waals surface area contributed by atoms with Crippen LogP contribution in [0.2, 0.25) is 0 Å². The molecule has 0 bridgehead atoms. The van der Waals surface area contributed by atoms with E-state index in [0.29, 0.717) is 5.56 Å². The molecule has 75 valence electrons. The van der Waals surface area contributed by atoms with Gasteiger partial charge in [0, 0.05) is 10.5 Å². The zero-order valence-corrected chi connectivity index (χ0v) is 8.65. The monoisotopic (exact) mass is 192 g/mol. The molecule has 0 atom stereocenters. The van der Waals surface area contributed by atoms with Crippen molar-refractivity contribution in [3.05, 3.63) is 52.1 Å². The van der Waals surface area contributed by atoms with Gasteiger partial charge in [0.2, 0.25) is 0 Å². The molecule has 3 heteroatoms. The summed E-state index contributed by atoms with van der Waals surface area (Å²) in [5.41, 5.74) is 1.90. The lowest BCUT2D eigenvalue weighted by Crippen LogP contribution is -2.10. The van der Waals surface area contributed by atoms with Crippen molar-refractivity contribution < 1.29 is 4.92 Å². The van der Waals surface area contributed by atoms with Gasteiger partial charge < -0.3 is 0 Å². The number of nitro groups is 1. The highest BCUT2D eigenvalue weighted by atomic mass is 16.6. The molecule has 0 N–H and O–H groups in total. The maximum atomic E-state index is 10.2. The third-order valence-corrected chi connectivity index (χ3v) is 2.03. The average Bonchev–Trinajstić information content (AvgIpc) is 2.02. The van der Waals surface area contributed by atoms with E-state index in [1.54, 1.807) is 12.1 Å². The molecule has 0 unspecified atom stereocenters. The molecule has 0 fully saturated rings. The van der Waals surface area contributed by atoms with Gasteiger partial charge in [-0.15, -0.1) is 0 Å². The van der Waals surface area contributed by atoms with Crippen molar-refractivity contribution >= 4 is 0 Å². The van der Waals surface area contributed by atoms with Crippen molar-refractivity contribution in [2.24, 2.45) is 0 Å². The largest absolute Gasteiger partial charge is 0.308 e. The van der Waals surface area contributed by atoms with Crippen molar-refractivity contribution in [2.45, 2.75) is 26.2 Å². The Morgan fingerprint density at radius 1 is 1.21 bits per heavy atom. The van der Waals surface area contributed by atoms with Crippen LogP contribution in [0.15, 0.2) is 24.3 Å². The molecule has 1 aromatic rings. The Kier molecular flexibility index (Phi) is 2.89. The van der Waals surface area contributed by atoms with Gasteiger partial charge in [-0.05, 0) is 11.0 Å². The van der Waals surface area contributed by atoms with E-state index >= 15 is 0 Å². The molecular formula is C11H14NO2. The summed E-state index contributed by atoms with van der Waals surface area (Å²) in [6.45, 7) is 7.34. The van der Waals surface area contributed by atoms with E-state index < -0.39 is 4.92 Å². The van der Waals surface area contributed by atoms with E-state index in [1.165, 1.54) is 5.56 Å². The van der Waals surface area contributed by atoms with Gasteiger partial charge in [-0.25, -0.2) is 0 Å². The number of hydrogen-bond donors (Lipinski definition) is 0.